The molecule has 1 fully saturated rings. The van der Waals surface area contributed by atoms with Crippen molar-refractivity contribution in [3.63, 3.8) is 0 Å². The fraction of sp³-hybridized carbons (Fsp3) is 0.857. The van der Waals surface area contributed by atoms with E-state index in [-0.39, 0.29) is 37.9 Å². The highest BCUT2D eigenvalue weighted by Crippen LogP contribution is 2.19. The second-order valence-corrected chi connectivity index (χ2v) is 13.1. The van der Waals surface area contributed by atoms with Crippen molar-refractivity contribution in [2.45, 2.75) is 50.6 Å². The van der Waals surface area contributed by atoms with Gasteiger partial charge in [-0.1, -0.05) is 43.2 Å². The number of hydrogen-bond donors (Lipinski definition) is 4. The molecule has 1 aliphatic rings. The molecule has 0 bridgehead atoms. The van der Waals surface area contributed by atoms with E-state index in [1.165, 1.54) is 12.8 Å². The second kappa shape index (κ2) is 20.7. The molecule has 1 heterocycles. The van der Waals surface area contributed by atoms with Crippen LogP contribution in [0.5, 0.6) is 0 Å². The van der Waals surface area contributed by atoms with Gasteiger partial charge in [0.1, 0.15) is 12.1 Å². The van der Waals surface area contributed by atoms with E-state index in [4.69, 9.17) is 9.84 Å². The summed E-state index contributed by atoms with van der Waals surface area (Å²) in [4.78, 5) is 38.4. The molecule has 0 aromatic carbocycles. The predicted molar refractivity (Wildman–Crippen MR) is 146 cm³/mol. The van der Waals surface area contributed by atoms with Crippen LogP contribution in [0.2, 0.25) is 0 Å². The van der Waals surface area contributed by atoms with E-state index >= 15 is 0 Å². The molecule has 9 nitrogen and oxygen atoms in total. The van der Waals surface area contributed by atoms with Crippen LogP contribution in [0, 0.1) is 0 Å². The van der Waals surface area contributed by atoms with E-state index in [0.29, 0.717) is 6.54 Å². The average molecular weight is 557 g/mol. The first-order valence-corrected chi connectivity index (χ1v) is 17.1. The quantitative estimate of drug-likeness (QED) is 0.131. The van der Waals surface area contributed by atoms with Crippen LogP contribution in [-0.4, -0.2) is 103 Å². The molecule has 1 saturated heterocycles. The van der Waals surface area contributed by atoms with Crippen molar-refractivity contribution in [3.05, 3.63) is 0 Å². The summed E-state index contributed by atoms with van der Waals surface area (Å²) in [6, 6.07) is -1.45. The van der Waals surface area contributed by atoms with Crippen molar-refractivity contribution in [1.29, 1.82) is 0 Å². The number of carbonyl (C=O) groups excluding carboxylic acids is 3. The molecule has 0 radical (unpaired) electrons. The summed E-state index contributed by atoms with van der Waals surface area (Å²) in [7, 11) is 7.38. The number of hydrogen-bond acceptors (Lipinski definition) is 10. The summed E-state index contributed by atoms with van der Waals surface area (Å²) in [5.74, 6) is 1.66. The maximum Gasteiger partial charge on any atom is 0.407 e. The third-order valence-corrected chi connectivity index (χ3v) is 8.96. The number of unbranched alkanes of at least 4 members (excludes halogenated alkanes) is 2. The Bertz CT molecular complexity index is 577. The first-order valence-electron chi connectivity index (χ1n) is 11.7. The normalized spacial score (nSPS) is 18.0. The Morgan fingerprint density at radius 1 is 0.941 bits per heavy atom. The number of ether oxygens (including phenoxy) is 1. The zero-order valence-corrected chi connectivity index (χ0v) is 23.5. The van der Waals surface area contributed by atoms with Crippen LogP contribution < -0.4 is 16.0 Å². The summed E-state index contributed by atoms with van der Waals surface area (Å²) in [5.41, 5.74) is 0. The van der Waals surface area contributed by atoms with Gasteiger partial charge < -0.3 is 30.7 Å². The van der Waals surface area contributed by atoms with Crippen molar-refractivity contribution in [2.75, 3.05) is 63.4 Å². The molecule has 198 valence electrons. The average Bonchev–Trinajstić information content (AvgIpc) is 2.81. The fourth-order valence-corrected chi connectivity index (χ4v) is 6.03. The lowest BCUT2D eigenvalue weighted by Crippen LogP contribution is -2.62. The van der Waals surface area contributed by atoms with Gasteiger partial charge in [-0.15, -0.1) is 0 Å². The van der Waals surface area contributed by atoms with Gasteiger partial charge in [-0.3, -0.25) is 9.59 Å². The van der Waals surface area contributed by atoms with Gasteiger partial charge in [-0.25, -0.2) is 4.79 Å². The Morgan fingerprint density at radius 2 is 1.50 bits per heavy atom. The topological polar surface area (TPSA) is 120 Å². The van der Waals surface area contributed by atoms with Crippen LogP contribution in [-0.2, 0) is 14.3 Å². The molecule has 3 amide bonds. The Labute approximate surface area is 219 Å². The number of aliphatic hydroxyl groups is 1. The largest absolute Gasteiger partial charge is 0.449 e. The highest BCUT2D eigenvalue weighted by atomic mass is 33.1. The van der Waals surface area contributed by atoms with Crippen LogP contribution >= 0.6 is 43.2 Å². The third kappa shape index (κ3) is 14.8. The summed E-state index contributed by atoms with van der Waals surface area (Å²) in [6.07, 6.45) is 8.72. The van der Waals surface area contributed by atoms with Gasteiger partial charge >= 0.3 is 6.09 Å². The number of amides is 3. The van der Waals surface area contributed by atoms with Crippen LogP contribution in [0.15, 0.2) is 0 Å². The Morgan fingerprint density at radius 3 is 2.03 bits per heavy atom. The standard InChI is InChI=1S/C21H40N4O5S4/c1-31-33-15-5-3-10-25(11-4-6-16-34-32-2)12-9-22-21(29)30-14-8-18-20(28)23-17(7-13-26)19(27)24-18/h17-18,26H,3-16H2,1-2H3,(H,22,29)(H,23,28)(H,24,27). The Kier molecular flexibility index (Phi) is 19.2. The highest BCUT2D eigenvalue weighted by molar-refractivity contribution is 8.76. The van der Waals surface area contributed by atoms with Crippen molar-refractivity contribution in [2.24, 2.45) is 0 Å². The minimum atomic E-state index is -0.737. The Balaban J connectivity index is 2.25. The number of nitrogens with zero attached hydrogens (tertiary/aromatic N) is 1. The lowest BCUT2D eigenvalue weighted by atomic mass is 10.1. The van der Waals surface area contributed by atoms with E-state index in [9.17, 15) is 14.4 Å². The van der Waals surface area contributed by atoms with Gasteiger partial charge in [0, 0.05) is 37.6 Å². The van der Waals surface area contributed by atoms with Crippen LogP contribution in [0.4, 0.5) is 4.79 Å². The van der Waals surface area contributed by atoms with E-state index in [2.05, 4.69) is 33.4 Å². The lowest BCUT2D eigenvalue weighted by Gasteiger charge is -2.29. The van der Waals surface area contributed by atoms with Gasteiger partial charge in [-0.2, -0.15) is 0 Å². The third-order valence-electron chi connectivity index (χ3n) is 5.16. The molecule has 0 aromatic heterocycles. The molecule has 0 saturated carbocycles. The molecular weight excluding hydrogens is 517 g/mol. The van der Waals surface area contributed by atoms with Gasteiger partial charge in [0.2, 0.25) is 11.8 Å². The fourth-order valence-electron chi connectivity index (χ4n) is 3.34. The van der Waals surface area contributed by atoms with Gasteiger partial charge in [0.15, 0.2) is 0 Å². The van der Waals surface area contributed by atoms with E-state index in [1.54, 1.807) is 21.6 Å². The number of carbonyl (C=O) groups is 3. The van der Waals surface area contributed by atoms with E-state index in [0.717, 1.165) is 44.0 Å². The summed E-state index contributed by atoms with van der Waals surface area (Å²) < 4.78 is 5.19. The van der Waals surface area contributed by atoms with Crippen LogP contribution in [0.1, 0.15) is 38.5 Å². The molecule has 2 unspecified atom stereocenters. The number of piperazine rings is 1. The Hall–Kier alpha value is -0.470. The van der Waals surface area contributed by atoms with Crippen LogP contribution in [0.25, 0.3) is 0 Å². The summed E-state index contributed by atoms with van der Waals surface area (Å²) in [6.45, 7) is 3.16. The number of aliphatic hydroxyl groups excluding tert-OH is 1. The minimum Gasteiger partial charge on any atom is -0.449 e. The molecule has 0 spiro atoms. The van der Waals surface area contributed by atoms with Gasteiger partial charge in [-0.05, 0) is 57.7 Å². The SMILES string of the molecule is CSSCCCCN(CCCCSSC)CCNC(=O)OCCC1NC(=O)C(CCO)NC1=O. The molecule has 1 aliphatic heterocycles. The second-order valence-electron chi connectivity index (χ2n) is 7.72. The molecule has 4 N–H and O–H groups in total. The monoisotopic (exact) mass is 556 g/mol. The van der Waals surface area contributed by atoms with Gasteiger partial charge in [0.05, 0.1) is 6.61 Å². The highest BCUT2D eigenvalue weighted by Gasteiger charge is 2.33. The first-order chi connectivity index (χ1) is 16.5. The first kappa shape index (κ1) is 31.6. The summed E-state index contributed by atoms with van der Waals surface area (Å²) in [5, 5.41) is 16.9. The predicted octanol–water partition coefficient (Wildman–Crippen LogP) is 2.35. The number of nitrogens with one attached hydrogen (secondary N) is 3. The summed E-state index contributed by atoms with van der Waals surface area (Å²) >= 11 is 0. The lowest BCUT2D eigenvalue weighted by molar-refractivity contribution is -0.137. The molecule has 1 rings (SSSR count). The van der Waals surface area contributed by atoms with E-state index < -0.39 is 18.2 Å². The number of rotatable bonds is 20. The zero-order valence-electron chi connectivity index (χ0n) is 20.2. The maximum absolute atomic E-state index is 12.1. The molecule has 34 heavy (non-hydrogen) atoms. The van der Waals surface area contributed by atoms with Crippen molar-refractivity contribution in [1.82, 2.24) is 20.9 Å². The number of alkyl carbamates (subject to hydrolysis) is 1. The smallest absolute Gasteiger partial charge is 0.407 e. The van der Waals surface area contributed by atoms with Gasteiger partial charge in [0.25, 0.3) is 0 Å². The minimum absolute atomic E-state index is 0.0266. The molecule has 0 aromatic rings. The van der Waals surface area contributed by atoms with Crippen molar-refractivity contribution >= 4 is 61.1 Å². The maximum atomic E-state index is 12.1. The zero-order chi connectivity index (χ0) is 25.0. The van der Waals surface area contributed by atoms with E-state index in [1.807, 2.05) is 21.6 Å². The van der Waals surface area contributed by atoms with Crippen molar-refractivity contribution in [3.8, 4) is 0 Å². The van der Waals surface area contributed by atoms with Crippen LogP contribution in [0.3, 0.4) is 0 Å². The molecule has 0 aliphatic carbocycles. The molecule has 13 heteroatoms. The molecule has 2 atom stereocenters. The molecular formula is C21H40N4O5S4. The van der Waals surface area contributed by atoms with Crippen molar-refractivity contribution < 1.29 is 24.2 Å².